The Kier molecular flexibility index (Phi) is 6.80. The Morgan fingerprint density at radius 1 is 0.446 bits per heavy atom. The van der Waals surface area contributed by atoms with Crippen molar-refractivity contribution in [3.05, 3.63) is 194 Å². The van der Waals surface area contributed by atoms with Gasteiger partial charge in [0.15, 0.2) is 5.58 Å². The fraction of sp³-hybridized carbons (Fsp3) is 0. The van der Waals surface area contributed by atoms with Crippen LogP contribution in [0.3, 0.4) is 0 Å². The molecule has 12 rings (SSSR count). The molecule has 0 aliphatic carbocycles. The van der Waals surface area contributed by atoms with E-state index in [1.54, 1.807) is 0 Å². The number of para-hydroxylation sites is 2. The number of benzene rings is 9. The molecule has 0 saturated heterocycles. The van der Waals surface area contributed by atoms with Gasteiger partial charge in [-0.05, 0) is 71.1 Å². The average molecular weight is 733 g/mol. The van der Waals surface area contributed by atoms with Crippen molar-refractivity contribution in [2.45, 2.75) is 0 Å². The van der Waals surface area contributed by atoms with E-state index in [0.717, 1.165) is 55.8 Å². The van der Waals surface area contributed by atoms with E-state index in [-0.39, 0.29) is 0 Å². The molecule has 0 bridgehead atoms. The van der Waals surface area contributed by atoms with Gasteiger partial charge in [-0.2, -0.15) is 0 Å². The van der Waals surface area contributed by atoms with Gasteiger partial charge in [0.25, 0.3) is 0 Å². The topological polar surface area (TPSA) is 21.3 Å². The molecule has 9 aromatic carbocycles. The fourth-order valence-electron chi connectivity index (χ4n) is 8.84. The normalized spacial score (nSPS) is 11.9. The minimum absolute atomic E-state index is 0.862. The predicted molar refractivity (Wildman–Crippen MR) is 239 cm³/mol. The third kappa shape index (κ3) is 4.63. The van der Waals surface area contributed by atoms with Crippen molar-refractivity contribution in [1.82, 2.24) is 4.57 Å². The van der Waals surface area contributed by atoms with Crippen molar-refractivity contribution >= 4 is 103 Å². The van der Waals surface area contributed by atoms with Gasteiger partial charge in [-0.15, -0.1) is 11.3 Å². The Balaban J connectivity index is 1.17. The summed E-state index contributed by atoms with van der Waals surface area (Å²) in [6.07, 6.45) is 0. The summed E-state index contributed by atoms with van der Waals surface area (Å²) < 4.78 is 11.9. The van der Waals surface area contributed by atoms with Crippen LogP contribution >= 0.6 is 11.3 Å². The lowest BCUT2D eigenvalue weighted by Gasteiger charge is -2.26. The molecule has 4 heteroatoms. The first kappa shape index (κ1) is 31.2. The lowest BCUT2D eigenvalue weighted by molar-refractivity contribution is 0.669. The van der Waals surface area contributed by atoms with Crippen LogP contribution in [-0.4, -0.2) is 4.57 Å². The van der Waals surface area contributed by atoms with Gasteiger partial charge >= 0.3 is 0 Å². The van der Waals surface area contributed by atoms with Gasteiger partial charge in [0.1, 0.15) is 5.58 Å². The number of nitrogens with zero attached hydrogens (tertiary/aromatic N) is 2. The van der Waals surface area contributed by atoms with Crippen LogP contribution in [0.2, 0.25) is 0 Å². The van der Waals surface area contributed by atoms with E-state index in [9.17, 15) is 0 Å². The molecule has 0 unspecified atom stereocenters. The van der Waals surface area contributed by atoms with Crippen LogP contribution in [0.4, 0.5) is 17.1 Å². The van der Waals surface area contributed by atoms with Crippen molar-refractivity contribution in [1.29, 1.82) is 0 Å². The summed E-state index contributed by atoms with van der Waals surface area (Å²) in [4.78, 5) is 2.42. The molecule has 0 fully saturated rings. The van der Waals surface area contributed by atoms with Gasteiger partial charge in [-0.1, -0.05) is 140 Å². The van der Waals surface area contributed by atoms with Crippen molar-refractivity contribution in [3.8, 4) is 16.8 Å². The molecule has 0 aliphatic rings. The minimum atomic E-state index is 0.862. The van der Waals surface area contributed by atoms with E-state index in [0.29, 0.717) is 0 Å². The van der Waals surface area contributed by atoms with E-state index in [1.807, 2.05) is 11.3 Å². The van der Waals surface area contributed by atoms with Crippen LogP contribution in [0.25, 0.3) is 91.5 Å². The van der Waals surface area contributed by atoms with Crippen LogP contribution in [0.5, 0.6) is 0 Å². The Morgan fingerprint density at radius 2 is 1.14 bits per heavy atom. The number of anilines is 3. The molecule has 56 heavy (non-hydrogen) atoms. The van der Waals surface area contributed by atoms with Crippen molar-refractivity contribution in [2.75, 3.05) is 4.90 Å². The van der Waals surface area contributed by atoms with Crippen molar-refractivity contribution in [3.63, 3.8) is 0 Å². The third-order valence-electron chi connectivity index (χ3n) is 11.4. The largest absolute Gasteiger partial charge is 0.454 e. The summed E-state index contributed by atoms with van der Waals surface area (Å²) in [5.74, 6) is 0. The van der Waals surface area contributed by atoms with E-state index in [2.05, 4.69) is 204 Å². The Bertz CT molecular complexity index is 3480. The SMILES string of the molecule is c1ccc(-c2ccc3c(c2)oc2c(N(c4ccc5c6ccc7ccccc7c6n(-c6ccccc6)c5c4)c4cccc5c4sc4ccccc45)cccc23)cc1. The monoisotopic (exact) mass is 732 g/mol. The Labute approximate surface area is 326 Å². The lowest BCUT2D eigenvalue weighted by Crippen LogP contribution is -2.10. The molecule has 3 aromatic heterocycles. The molecule has 262 valence electrons. The zero-order valence-corrected chi connectivity index (χ0v) is 31.0. The zero-order valence-electron chi connectivity index (χ0n) is 30.2. The summed E-state index contributed by atoms with van der Waals surface area (Å²) >= 11 is 1.85. The van der Waals surface area contributed by atoms with E-state index >= 15 is 0 Å². The van der Waals surface area contributed by atoms with Crippen LogP contribution in [0, 0.1) is 0 Å². The third-order valence-corrected chi connectivity index (χ3v) is 12.6. The standard InChI is InChI=1S/C52H32N2OS/c1-3-13-33(14-4-1)35-26-28-40-43-20-11-22-45(51(43)55-48(40)31-35)53(46-23-12-21-44-41-19-9-10-24-49(41)56-52(44)46)37-27-30-39-42-29-25-34-15-7-8-18-38(34)50(42)54(47(39)32-37)36-16-5-2-6-17-36/h1-32H. The number of rotatable bonds is 5. The molecule has 3 nitrogen and oxygen atoms in total. The number of fused-ring (bicyclic) bond motifs is 11. The number of thiophene rings is 1. The molecule has 0 spiro atoms. The second-order valence-corrected chi connectivity index (χ2v) is 15.5. The van der Waals surface area contributed by atoms with E-state index in [4.69, 9.17) is 4.42 Å². The van der Waals surface area contributed by atoms with E-state index in [1.165, 1.54) is 52.8 Å². The van der Waals surface area contributed by atoms with Crippen LogP contribution in [0.1, 0.15) is 0 Å². The maximum absolute atomic E-state index is 6.97. The highest BCUT2D eigenvalue weighted by molar-refractivity contribution is 7.26. The molecule has 0 radical (unpaired) electrons. The molecular formula is C52H32N2OS. The second kappa shape index (κ2) is 12.2. The maximum Gasteiger partial charge on any atom is 0.159 e. The minimum Gasteiger partial charge on any atom is -0.454 e. The van der Waals surface area contributed by atoms with Gasteiger partial charge in [-0.3, -0.25) is 0 Å². The molecule has 0 saturated carbocycles. The van der Waals surface area contributed by atoms with E-state index < -0.39 is 0 Å². The highest BCUT2D eigenvalue weighted by Crippen LogP contribution is 2.49. The number of aromatic nitrogens is 1. The first-order chi connectivity index (χ1) is 27.8. The first-order valence-electron chi connectivity index (χ1n) is 19.0. The summed E-state index contributed by atoms with van der Waals surface area (Å²) in [6, 6.07) is 70.1. The molecule has 0 amide bonds. The highest BCUT2D eigenvalue weighted by Gasteiger charge is 2.24. The summed E-state index contributed by atoms with van der Waals surface area (Å²) in [7, 11) is 0. The smallest absolute Gasteiger partial charge is 0.159 e. The molecule has 0 aliphatic heterocycles. The highest BCUT2D eigenvalue weighted by atomic mass is 32.1. The van der Waals surface area contributed by atoms with Gasteiger partial charge < -0.3 is 13.9 Å². The van der Waals surface area contributed by atoms with Gasteiger partial charge in [0, 0.05) is 53.8 Å². The Hall–Kier alpha value is -7.14. The summed E-state index contributed by atoms with van der Waals surface area (Å²) in [5.41, 5.74) is 10.7. The Morgan fingerprint density at radius 3 is 2.02 bits per heavy atom. The molecule has 12 aromatic rings. The zero-order chi connectivity index (χ0) is 36.7. The first-order valence-corrected chi connectivity index (χ1v) is 19.8. The number of furan rings is 1. The van der Waals surface area contributed by atoms with Gasteiger partial charge in [0.2, 0.25) is 0 Å². The van der Waals surface area contributed by atoms with Crippen LogP contribution < -0.4 is 4.90 Å². The van der Waals surface area contributed by atoms with Gasteiger partial charge in [-0.25, -0.2) is 0 Å². The lowest BCUT2D eigenvalue weighted by atomic mass is 10.0. The molecule has 0 atom stereocenters. The molecule has 3 heterocycles. The number of hydrogen-bond donors (Lipinski definition) is 0. The summed E-state index contributed by atoms with van der Waals surface area (Å²) in [5, 5.41) is 9.64. The summed E-state index contributed by atoms with van der Waals surface area (Å²) in [6.45, 7) is 0. The van der Waals surface area contributed by atoms with Crippen LogP contribution in [0.15, 0.2) is 199 Å². The van der Waals surface area contributed by atoms with Crippen molar-refractivity contribution in [2.24, 2.45) is 0 Å². The fourth-order valence-corrected chi connectivity index (χ4v) is 10.0. The average Bonchev–Trinajstić information content (AvgIpc) is 3.94. The quantitative estimate of drug-likeness (QED) is 0.176. The predicted octanol–water partition coefficient (Wildman–Crippen LogP) is 15.3. The maximum atomic E-state index is 6.97. The molecular weight excluding hydrogens is 701 g/mol. The van der Waals surface area contributed by atoms with Crippen molar-refractivity contribution < 1.29 is 4.42 Å². The second-order valence-electron chi connectivity index (χ2n) is 14.5. The van der Waals surface area contributed by atoms with Crippen LogP contribution in [-0.2, 0) is 0 Å². The number of hydrogen-bond acceptors (Lipinski definition) is 3. The molecule has 0 N–H and O–H groups in total. The van der Waals surface area contributed by atoms with Gasteiger partial charge in [0.05, 0.1) is 27.1 Å².